The van der Waals surface area contributed by atoms with E-state index < -0.39 is 5.97 Å². The van der Waals surface area contributed by atoms with Crippen molar-refractivity contribution in [2.75, 3.05) is 21.3 Å². The Hall–Kier alpha value is -3.81. The van der Waals surface area contributed by atoms with E-state index in [0.717, 1.165) is 11.1 Å². The fraction of sp³-hybridized carbons (Fsp3) is 0.190. The first-order valence-corrected chi connectivity index (χ1v) is 8.66. The van der Waals surface area contributed by atoms with Gasteiger partial charge in [-0.05, 0) is 35.9 Å². The zero-order chi connectivity index (χ0) is 20.6. The second kappa shape index (κ2) is 9.41. The number of carbonyl (C=O) groups excluding carboxylic acids is 1. The number of carbonyl (C=O) groups is 1. The van der Waals surface area contributed by atoms with E-state index in [1.807, 2.05) is 18.2 Å². The van der Waals surface area contributed by atoms with E-state index in [9.17, 15) is 4.79 Å². The molecule has 0 unspecified atom stereocenters. The topological polar surface area (TPSA) is 92.9 Å². The zero-order valence-corrected chi connectivity index (χ0v) is 16.2. The van der Waals surface area contributed by atoms with Gasteiger partial charge in [0, 0.05) is 17.7 Å². The summed E-state index contributed by atoms with van der Waals surface area (Å²) in [4.78, 5) is 16.2. The summed E-state index contributed by atoms with van der Waals surface area (Å²) in [5.41, 5.74) is 1.47. The van der Waals surface area contributed by atoms with Crippen LogP contribution < -0.4 is 14.2 Å². The van der Waals surface area contributed by atoms with Crippen LogP contribution >= 0.6 is 0 Å². The van der Waals surface area contributed by atoms with E-state index in [1.165, 1.54) is 6.08 Å². The summed E-state index contributed by atoms with van der Waals surface area (Å²) in [6.07, 6.45) is 2.90. The van der Waals surface area contributed by atoms with Crippen molar-refractivity contribution in [1.29, 1.82) is 0 Å². The SMILES string of the molecule is COc1cc(/C=C/C(=O)OCc2nc(-c3cccc(OC)c3)no2)cc(OC)c1. The summed E-state index contributed by atoms with van der Waals surface area (Å²) in [5.74, 6) is 1.94. The van der Waals surface area contributed by atoms with Gasteiger partial charge in [-0.3, -0.25) is 0 Å². The van der Waals surface area contributed by atoms with Gasteiger partial charge in [-0.15, -0.1) is 0 Å². The molecular formula is C21H20N2O6. The van der Waals surface area contributed by atoms with Gasteiger partial charge < -0.3 is 23.5 Å². The molecular weight excluding hydrogens is 376 g/mol. The Labute approximate surface area is 167 Å². The predicted octanol–water partition coefficient (Wildman–Crippen LogP) is 3.52. The van der Waals surface area contributed by atoms with Crippen molar-refractivity contribution in [2.45, 2.75) is 6.61 Å². The molecule has 0 aliphatic carbocycles. The van der Waals surface area contributed by atoms with Crippen LogP contribution in [-0.2, 0) is 16.1 Å². The molecule has 0 radical (unpaired) electrons. The molecule has 0 amide bonds. The molecule has 0 N–H and O–H groups in total. The monoisotopic (exact) mass is 396 g/mol. The van der Waals surface area contributed by atoms with E-state index in [4.69, 9.17) is 23.5 Å². The molecule has 0 saturated heterocycles. The van der Waals surface area contributed by atoms with E-state index in [0.29, 0.717) is 23.1 Å². The Bertz CT molecular complexity index is 990. The highest BCUT2D eigenvalue weighted by molar-refractivity contribution is 5.87. The highest BCUT2D eigenvalue weighted by Crippen LogP contribution is 2.23. The van der Waals surface area contributed by atoms with Crippen molar-refractivity contribution in [3.05, 3.63) is 60.0 Å². The molecule has 3 rings (SSSR count). The van der Waals surface area contributed by atoms with Gasteiger partial charge in [0.25, 0.3) is 5.89 Å². The molecule has 0 saturated carbocycles. The van der Waals surface area contributed by atoms with Crippen LogP contribution in [0.15, 0.2) is 53.1 Å². The zero-order valence-electron chi connectivity index (χ0n) is 16.2. The van der Waals surface area contributed by atoms with Crippen molar-refractivity contribution in [2.24, 2.45) is 0 Å². The van der Waals surface area contributed by atoms with E-state index >= 15 is 0 Å². The van der Waals surface area contributed by atoms with Crippen LogP contribution in [0, 0.1) is 0 Å². The number of esters is 1. The van der Waals surface area contributed by atoms with E-state index in [-0.39, 0.29) is 12.5 Å². The van der Waals surface area contributed by atoms with Crippen molar-refractivity contribution >= 4 is 12.0 Å². The lowest BCUT2D eigenvalue weighted by Crippen LogP contribution is -2.01. The molecule has 8 heteroatoms. The first-order chi connectivity index (χ1) is 14.1. The lowest BCUT2D eigenvalue weighted by Gasteiger charge is -2.05. The fourth-order valence-electron chi connectivity index (χ4n) is 2.46. The molecule has 2 aromatic carbocycles. The van der Waals surface area contributed by atoms with Crippen LogP contribution in [0.2, 0.25) is 0 Å². The largest absolute Gasteiger partial charge is 0.497 e. The standard InChI is InChI=1S/C21H20N2O6/c1-25-16-6-4-5-15(11-16)21-22-19(29-23-21)13-28-20(24)8-7-14-9-17(26-2)12-18(10-14)27-3/h4-12H,13H2,1-3H3/b8-7+. The van der Waals surface area contributed by atoms with Gasteiger partial charge in [0.1, 0.15) is 17.2 Å². The summed E-state index contributed by atoms with van der Waals surface area (Å²) in [6.45, 7) is -0.137. The number of benzene rings is 2. The van der Waals surface area contributed by atoms with Gasteiger partial charge in [-0.1, -0.05) is 17.3 Å². The molecule has 3 aromatic rings. The molecule has 1 heterocycles. The smallest absolute Gasteiger partial charge is 0.331 e. The Kier molecular flexibility index (Phi) is 6.47. The highest BCUT2D eigenvalue weighted by atomic mass is 16.6. The quantitative estimate of drug-likeness (QED) is 0.422. The molecule has 0 bridgehead atoms. The van der Waals surface area contributed by atoms with Crippen LogP contribution in [0.3, 0.4) is 0 Å². The summed E-state index contributed by atoms with van der Waals surface area (Å²) in [6, 6.07) is 12.5. The Morgan fingerprint density at radius 2 is 1.72 bits per heavy atom. The second-order valence-electron chi connectivity index (χ2n) is 5.83. The molecule has 0 aliphatic rings. The number of aromatic nitrogens is 2. The minimum absolute atomic E-state index is 0.137. The van der Waals surface area contributed by atoms with Crippen molar-refractivity contribution in [1.82, 2.24) is 10.1 Å². The normalized spacial score (nSPS) is 10.7. The summed E-state index contributed by atoms with van der Waals surface area (Å²) in [7, 11) is 4.69. The van der Waals surface area contributed by atoms with Crippen molar-refractivity contribution < 1.29 is 28.3 Å². The third-order valence-electron chi connectivity index (χ3n) is 3.92. The number of hydrogen-bond acceptors (Lipinski definition) is 8. The van der Waals surface area contributed by atoms with Gasteiger partial charge >= 0.3 is 5.97 Å². The summed E-state index contributed by atoms with van der Waals surface area (Å²) < 4.78 is 25.8. The van der Waals surface area contributed by atoms with Crippen LogP contribution in [-0.4, -0.2) is 37.4 Å². The molecule has 29 heavy (non-hydrogen) atoms. The van der Waals surface area contributed by atoms with Crippen LogP contribution in [0.25, 0.3) is 17.5 Å². The number of hydrogen-bond donors (Lipinski definition) is 0. The molecule has 0 atom stereocenters. The third kappa shape index (κ3) is 5.35. The lowest BCUT2D eigenvalue weighted by atomic mass is 10.2. The average Bonchev–Trinajstić information content (AvgIpc) is 3.25. The molecule has 0 spiro atoms. The van der Waals surface area contributed by atoms with Gasteiger partial charge in [0.2, 0.25) is 5.82 Å². The number of rotatable bonds is 8. The van der Waals surface area contributed by atoms with Gasteiger partial charge in [0.15, 0.2) is 6.61 Å². The van der Waals surface area contributed by atoms with Crippen LogP contribution in [0.4, 0.5) is 0 Å². The maximum absolute atomic E-state index is 12.0. The first kappa shape index (κ1) is 19.9. The lowest BCUT2D eigenvalue weighted by molar-refractivity contribution is -0.139. The van der Waals surface area contributed by atoms with Gasteiger partial charge in [0.05, 0.1) is 21.3 Å². The van der Waals surface area contributed by atoms with E-state index in [2.05, 4.69) is 10.1 Å². The maximum atomic E-state index is 12.0. The minimum Gasteiger partial charge on any atom is -0.497 e. The summed E-state index contributed by atoms with van der Waals surface area (Å²) >= 11 is 0. The highest BCUT2D eigenvalue weighted by Gasteiger charge is 2.11. The van der Waals surface area contributed by atoms with Crippen molar-refractivity contribution in [3.8, 4) is 28.6 Å². The summed E-state index contributed by atoms with van der Waals surface area (Å²) in [5, 5.41) is 3.89. The van der Waals surface area contributed by atoms with Gasteiger partial charge in [-0.25, -0.2) is 4.79 Å². The molecule has 0 fully saturated rings. The van der Waals surface area contributed by atoms with E-state index in [1.54, 1.807) is 51.7 Å². The predicted molar refractivity (Wildman–Crippen MR) is 105 cm³/mol. The molecule has 8 nitrogen and oxygen atoms in total. The maximum Gasteiger partial charge on any atom is 0.331 e. The second-order valence-corrected chi connectivity index (χ2v) is 5.83. The Morgan fingerprint density at radius 1 is 1.00 bits per heavy atom. The van der Waals surface area contributed by atoms with Crippen LogP contribution in [0.1, 0.15) is 11.5 Å². The number of methoxy groups -OCH3 is 3. The first-order valence-electron chi connectivity index (χ1n) is 8.66. The van der Waals surface area contributed by atoms with Crippen LogP contribution in [0.5, 0.6) is 17.2 Å². The Balaban J connectivity index is 1.60. The minimum atomic E-state index is -0.548. The number of ether oxygens (including phenoxy) is 4. The fourth-order valence-corrected chi connectivity index (χ4v) is 2.46. The average molecular weight is 396 g/mol. The molecule has 0 aliphatic heterocycles. The van der Waals surface area contributed by atoms with Crippen molar-refractivity contribution in [3.63, 3.8) is 0 Å². The number of nitrogens with zero attached hydrogens (tertiary/aromatic N) is 2. The van der Waals surface area contributed by atoms with Gasteiger partial charge in [-0.2, -0.15) is 4.98 Å². The Morgan fingerprint density at radius 3 is 2.41 bits per heavy atom. The molecule has 150 valence electrons. The third-order valence-corrected chi connectivity index (χ3v) is 3.92. The molecule has 1 aromatic heterocycles.